The lowest BCUT2D eigenvalue weighted by Gasteiger charge is -2.17. The molecule has 5 nitrogen and oxygen atoms in total. The first-order valence-corrected chi connectivity index (χ1v) is 8.07. The lowest BCUT2D eigenvalue weighted by molar-refractivity contribution is 0.103. The lowest BCUT2D eigenvalue weighted by Crippen LogP contribution is -2.21. The third-order valence-electron chi connectivity index (χ3n) is 3.60. The number of allylic oxidation sites excluding steroid dienone is 2. The van der Waals surface area contributed by atoms with E-state index in [0.717, 1.165) is 5.69 Å². The maximum absolute atomic E-state index is 12.6. The van der Waals surface area contributed by atoms with Crippen molar-refractivity contribution in [2.45, 2.75) is 4.90 Å². The van der Waals surface area contributed by atoms with Crippen LogP contribution >= 0.6 is 0 Å². The molecule has 1 heterocycles. The van der Waals surface area contributed by atoms with Crippen molar-refractivity contribution in [2.24, 2.45) is 4.40 Å². The van der Waals surface area contributed by atoms with Crippen LogP contribution in [0.1, 0.15) is 17.3 Å². The average Bonchev–Trinajstić information content (AvgIpc) is 2.77. The van der Waals surface area contributed by atoms with Crippen LogP contribution < -0.4 is 5.32 Å². The summed E-state index contributed by atoms with van der Waals surface area (Å²) in [6, 6.07) is 13.9. The Labute approximate surface area is 128 Å². The molecule has 1 aliphatic heterocycles. The third kappa shape index (κ3) is 1.81. The number of carbonyl (C=O) groups excluding carboxylic acids is 1. The quantitative estimate of drug-likeness (QED) is 0.925. The molecule has 110 valence electrons. The summed E-state index contributed by atoms with van der Waals surface area (Å²) in [6.45, 7) is 0. The molecular weight excluding hydrogens is 300 g/mol. The number of benzene rings is 2. The molecule has 4 rings (SSSR count). The highest BCUT2D eigenvalue weighted by atomic mass is 32.2. The Kier molecular flexibility index (Phi) is 2.58. The van der Waals surface area contributed by atoms with E-state index in [4.69, 9.17) is 0 Å². The van der Waals surface area contributed by atoms with E-state index in [2.05, 4.69) is 9.71 Å². The van der Waals surface area contributed by atoms with Crippen LogP contribution in [-0.2, 0) is 10.0 Å². The van der Waals surface area contributed by atoms with E-state index in [1.807, 2.05) is 30.3 Å². The number of hydrogen-bond acceptors (Lipinski definition) is 4. The molecule has 6 heteroatoms. The van der Waals surface area contributed by atoms with Crippen molar-refractivity contribution in [1.29, 1.82) is 0 Å². The molecule has 0 aromatic heterocycles. The van der Waals surface area contributed by atoms with Gasteiger partial charge in [-0.2, -0.15) is 12.8 Å². The first kappa shape index (κ1) is 13.0. The van der Waals surface area contributed by atoms with Crippen molar-refractivity contribution in [3.63, 3.8) is 0 Å². The zero-order chi connectivity index (χ0) is 15.3. The Morgan fingerprint density at radius 3 is 2.55 bits per heavy atom. The summed E-state index contributed by atoms with van der Waals surface area (Å²) in [5.74, 6) is -0.239. The first-order chi connectivity index (χ1) is 10.6. The van der Waals surface area contributed by atoms with Gasteiger partial charge in [0.1, 0.15) is 0 Å². The molecule has 0 radical (unpaired) electrons. The molecule has 1 N–H and O–H groups in total. The number of carbonyl (C=O) groups is 1. The van der Waals surface area contributed by atoms with E-state index >= 15 is 0 Å². The van der Waals surface area contributed by atoms with E-state index in [9.17, 15) is 13.2 Å². The summed E-state index contributed by atoms with van der Waals surface area (Å²) in [5, 5.41) is 3.02. The number of Topliss-reactive ketones (excluding diaryl/α,β-unsaturated/α-hetero) is 1. The molecule has 0 bridgehead atoms. The van der Waals surface area contributed by atoms with Gasteiger partial charge in [0.2, 0.25) is 5.78 Å². The highest BCUT2D eigenvalue weighted by molar-refractivity contribution is 7.90. The van der Waals surface area contributed by atoms with Gasteiger partial charge in [-0.05, 0) is 24.3 Å². The second-order valence-corrected chi connectivity index (χ2v) is 6.58. The molecule has 0 fully saturated rings. The number of nitrogens with zero attached hydrogens (tertiary/aromatic N) is 1. The maximum atomic E-state index is 12.6. The Hall–Kier alpha value is -2.73. The molecule has 0 amide bonds. The van der Waals surface area contributed by atoms with Crippen LogP contribution in [-0.4, -0.2) is 19.9 Å². The van der Waals surface area contributed by atoms with Crippen LogP contribution in [0.5, 0.6) is 0 Å². The summed E-state index contributed by atoms with van der Waals surface area (Å²) in [6.07, 6.45) is 1.49. The van der Waals surface area contributed by atoms with Gasteiger partial charge in [0, 0.05) is 18.2 Å². The normalized spacial score (nSPS) is 17.5. The molecular formula is C16H12N2O3S. The molecule has 2 aliphatic rings. The van der Waals surface area contributed by atoms with E-state index in [-0.39, 0.29) is 12.1 Å². The number of para-hydroxylation sites is 1. The molecule has 0 saturated carbocycles. The Morgan fingerprint density at radius 2 is 1.77 bits per heavy atom. The lowest BCUT2D eigenvalue weighted by atomic mass is 9.92. The molecule has 0 saturated heterocycles. The number of rotatable bonds is 2. The van der Waals surface area contributed by atoms with Crippen molar-refractivity contribution in [3.05, 3.63) is 71.4 Å². The maximum Gasteiger partial charge on any atom is 0.283 e. The highest BCUT2D eigenvalue weighted by Crippen LogP contribution is 2.34. The highest BCUT2D eigenvalue weighted by Gasteiger charge is 2.35. The average molecular weight is 312 g/mol. The standard InChI is InChI=1S/C16H10N2O3S.H2/c19-16-11-7-4-8-14-15(11)12(18-22(14,20)21)9-13(16)17-10-5-2-1-3-6-10;/h1-9,17H;1H. The van der Waals surface area contributed by atoms with Crippen LogP contribution in [0.15, 0.2) is 69.6 Å². The molecule has 0 spiro atoms. The van der Waals surface area contributed by atoms with Crippen molar-refractivity contribution in [3.8, 4) is 0 Å². The largest absolute Gasteiger partial charge is 0.352 e. The topological polar surface area (TPSA) is 75.6 Å². The Balaban J connectivity index is 0.00000156. The minimum absolute atomic E-state index is 0. The molecule has 0 atom stereocenters. The minimum atomic E-state index is -3.71. The summed E-state index contributed by atoms with van der Waals surface area (Å²) < 4.78 is 27.8. The van der Waals surface area contributed by atoms with Crippen LogP contribution in [0.2, 0.25) is 0 Å². The van der Waals surface area contributed by atoms with Gasteiger partial charge >= 0.3 is 0 Å². The van der Waals surface area contributed by atoms with Crippen LogP contribution in [0.4, 0.5) is 5.69 Å². The molecule has 22 heavy (non-hydrogen) atoms. The summed E-state index contributed by atoms with van der Waals surface area (Å²) in [5.41, 5.74) is 2.14. The van der Waals surface area contributed by atoms with Gasteiger partial charge in [0.05, 0.1) is 16.3 Å². The molecule has 2 aromatic rings. The number of sulfonamides is 1. The van der Waals surface area contributed by atoms with Crippen LogP contribution in [0, 0.1) is 0 Å². The van der Waals surface area contributed by atoms with Gasteiger partial charge in [0.15, 0.2) is 0 Å². The minimum Gasteiger partial charge on any atom is -0.352 e. The fourth-order valence-electron chi connectivity index (χ4n) is 2.64. The fourth-order valence-corrected chi connectivity index (χ4v) is 3.86. The van der Waals surface area contributed by atoms with Gasteiger partial charge in [-0.25, -0.2) is 0 Å². The smallest absolute Gasteiger partial charge is 0.283 e. The third-order valence-corrected chi connectivity index (χ3v) is 4.93. The first-order valence-electron chi connectivity index (χ1n) is 6.63. The van der Waals surface area contributed by atoms with Gasteiger partial charge in [-0.3, -0.25) is 4.79 Å². The SMILES string of the molecule is O=C1C(Nc2ccccc2)=CC2=NS(=O)(=O)c3cccc1c32.[HH]. The zero-order valence-corrected chi connectivity index (χ0v) is 12.1. The summed E-state index contributed by atoms with van der Waals surface area (Å²) >= 11 is 0. The zero-order valence-electron chi connectivity index (χ0n) is 11.3. The predicted molar refractivity (Wildman–Crippen MR) is 84.8 cm³/mol. The van der Waals surface area contributed by atoms with E-state index in [1.54, 1.807) is 12.1 Å². The fraction of sp³-hybridized carbons (Fsp3) is 0. The van der Waals surface area contributed by atoms with Gasteiger partial charge in [-0.1, -0.05) is 30.3 Å². The van der Waals surface area contributed by atoms with Crippen molar-refractivity contribution < 1.29 is 14.6 Å². The van der Waals surface area contributed by atoms with Gasteiger partial charge in [0.25, 0.3) is 10.0 Å². The Bertz CT molecular complexity index is 980. The van der Waals surface area contributed by atoms with Crippen molar-refractivity contribution in [2.75, 3.05) is 5.32 Å². The number of hydrogen-bond donors (Lipinski definition) is 1. The van der Waals surface area contributed by atoms with Crippen LogP contribution in [0.25, 0.3) is 0 Å². The molecule has 1 aliphatic carbocycles. The molecule has 0 unspecified atom stereocenters. The van der Waals surface area contributed by atoms with Gasteiger partial charge in [-0.15, -0.1) is 0 Å². The number of ketones is 1. The van der Waals surface area contributed by atoms with Crippen molar-refractivity contribution in [1.82, 2.24) is 0 Å². The van der Waals surface area contributed by atoms with E-state index in [0.29, 0.717) is 22.5 Å². The number of nitrogens with one attached hydrogen (secondary N) is 1. The van der Waals surface area contributed by atoms with E-state index < -0.39 is 10.0 Å². The Morgan fingerprint density at radius 1 is 1.00 bits per heavy atom. The summed E-state index contributed by atoms with van der Waals surface area (Å²) in [4.78, 5) is 12.7. The second-order valence-electron chi connectivity index (χ2n) is 5.01. The second kappa shape index (κ2) is 4.38. The number of anilines is 1. The van der Waals surface area contributed by atoms with Crippen LogP contribution in [0.3, 0.4) is 0 Å². The van der Waals surface area contributed by atoms with Gasteiger partial charge < -0.3 is 5.32 Å². The van der Waals surface area contributed by atoms with E-state index in [1.165, 1.54) is 12.1 Å². The monoisotopic (exact) mass is 312 g/mol. The molecule has 2 aromatic carbocycles. The summed E-state index contributed by atoms with van der Waals surface area (Å²) in [7, 11) is -3.71. The van der Waals surface area contributed by atoms with Crippen molar-refractivity contribution >= 4 is 27.2 Å². The predicted octanol–water partition coefficient (Wildman–Crippen LogP) is 2.62.